The molecule has 3 N–H and O–H groups in total. The Morgan fingerprint density at radius 3 is 1.57 bits per heavy atom. The summed E-state index contributed by atoms with van der Waals surface area (Å²) in [6.45, 7) is 3.04. The summed E-state index contributed by atoms with van der Waals surface area (Å²) in [6.07, 6.45) is 3.85. The van der Waals surface area contributed by atoms with E-state index in [2.05, 4.69) is 15.3 Å². The van der Waals surface area contributed by atoms with Gasteiger partial charge in [-0.2, -0.15) is 15.3 Å². The molecule has 0 unspecified atom stereocenters. The summed E-state index contributed by atoms with van der Waals surface area (Å²) in [5.74, 6) is 0. The Morgan fingerprint density at radius 1 is 0.905 bits per heavy atom. The van der Waals surface area contributed by atoms with Crippen molar-refractivity contribution < 1.29 is 16.9 Å². The zero-order valence-electron chi connectivity index (χ0n) is 11.6. The number of rotatable bonds is 5. The zero-order chi connectivity index (χ0) is 14.5. The highest BCUT2D eigenvalue weighted by Gasteiger charge is 2.71. The van der Waals surface area contributed by atoms with Crippen molar-refractivity contribution in [2.75, 3.05) is 26.2 Å². The lowest BCUT2D eigenvalue weighted by Crippen LogP contribution is -3.00. The lowest BCUT2D eigenvalue weighted by Gasteiger charge is -2.65. The highest BCUT2D eigenvalue weighted by atomic mass is 35.5. The smallest absolute Gasteiger partial charge is 0.135 e. The summed E-state index contributed by atoms with van der Waals surface area (Å²) in [5, 5.41) is 11.7. The standard InChI is InChI=1S/C12H19ClN7.ClH/c13-2-1-3-20-7-10(17-14)4-11(8-20,18-15)6-12(5-10,9-20)19-16;/h1-2,14-16H,3-9H2;1H/q+1;/p-1. The highest BCUT2D eigenvalue weighted by Crippen LogP contribution is 2.57. The first-order valence-corrected chi connectivity index (χ1v) is 7.18. The molecule has 1 aliphatic carbocycles. The van der Waals surface area contributed by atoms with Crippen molar-refractivity contribution in [2.45, 2.75) is 35.9 Å². The van der Waals surface area contributed by atoms with Gasteiger partial charge < -0.3 is 16.9 Å². The molecule has 3 heterocycles. The van der Waals surface area contributed by atoms with E-state index in [1.807, 2.05) is 6.08 Å². The molecule has 116 valence electrons. The van der Waals surface area contributed by atoms with E-state index >= 15 is 0 Å². The zero-order valence-corrected chi connectivity index (χ0v) is 13.2. The number of quaternary nitrogens is 1. The van der Waals surface area contributed by atoms with Gasteiger partial charge in [-0.15, -0.1) is 0 Å². The normalized spacial score (nSPS) is 47.1. The molecule has 0 aromatic heterocycles. The number of nitrogens with zero attached hydrogens (tertiary/aromatic N) is 4. The number of nitrogens with one attached hydrogen (secondary N) is 3. The van der Waals surface area contributed by atoms with Gasteiger partial charge in [0.1, 0.15) is 36.3 Å². The first-order valence-electron chi connectivity index (χ1n) is 6.75. The van der Waals surface area contributed by atoms with Crippen LogP contribution in [0.15, 0.2) is 27.0 Å². The van der Waals surface area contributed by atoms with Crippen molar-refractivity contribution in [3.63, 3.8) is 0 Å². The Kier molecular flexibility index (Phi) is 3.97. The quantitative estimate of drug-likeness (QED) is 0.468. The van der Waals surface area contributed by atoms with Crippen LogP contribution in [0.3, 0.4) is 0 Å². The van der Waals surface area contributed by atoms with Crippen LogP contribution in [0, 0.1) is 16.6 Å². The van der Waals surface area contributed by atoms with Crippen LogP contribution >= 0.6 is 11.6 Å². The molecule has 0 aromatic rings. The molecule has 9 heteroatoms. The predicted octanol–water partition coefficient (Wildman–Crippen LogP) is 0.0801. The molecule has 1 saturated carbocycles. The average Bonchev–Trinajstić information content (AvgIpc) is 2.44. The minimum absolute atomic E-state index is 0. The molecule has 4 fully saturated rings. The van der Waals surface area contributed by atoms with Gasteiger partial charge in [0.2, 0.25) is 0 Å². The third-order valence-electron chi connectivity index (χ3n) is 5.16. The summed E-state index contributed by atoms with van der Waals surface area (Å²) in [6, 6.07) is 0. The summed E-state index contributed by atoms with van der Waals surface area (Å²) < 4.78 is 0.691. The predicted molar refractivity (Wildman–Crippen MR) is 72.2 cm³/mol. The maximum atomic E-state index is 7.63. The Morgan fingerprint density at radius 2 is 1.29 bits per heavy atom. The van der Waals surface area contributed by atoms with Crippen LogP contribution in [0.5, 0.6) is 0 Å². The Bertz CT molecular complexity index is 438. The second-order valence-electron chi connectivity index (χ2n) is 6.90. The van der Waals surface area contributed by atoms with Crippen molar-refractivity contribution in [2.24, 2.45) is 15.3 Å². The van der Waals surface area contributed by atoms with Crippen LogP contribution in [0.2, 0.25) is 0 Å². The first-order chi connectivity index (χ1) is 9.49. The molecule has 21 heavy (non-hydrogen) atoms. The molecule has 3 saturated heterocycles. The number of hydrogen-bond donors (Lipinski definition) is 3. The van der Waals surface area contributed by atoms with E-state index in [1.54, 1.807) is 0 Å². The second-order valence-corrected chi connectivity index (χ2v) is 7.15. The van der Waals surface area contributed by atoms with E-state index in [0.29, 0.717) is 23.7 Å². The van der Waals surface area contributed by atoms with Crippen LogP contribution in [-0.2, 0) is 0 Å². The second kappa shape index (κ2) is 5.07. The van der Waals surface area contributed by atoms with E-state index in [1.165, 1.54) is 5.54 Å². The topological polar surface area (TPSA) is 109 Å². The fourth-order valence-electron chi connectivity index (χ4n) is 5.20. The maximum Gasteiger partial charge on any atom is 0.135 e. The molecule has 0 atom stereocenters. The number of halogens is 2. The molecule has 0 radical (unpaired) electrons. The van der Waals surface area contributed by atoms with Gasteiger partial charge in [0, 0.05) is 24.8 Å². The van der Waals surface area contributed by atoms with Crippen molar-refractivity contribution in [1.29, 1.82) is 16.6 Å². The maximum absolute atomic E-state index is 7.63. The van der Waals surface area contributed by atoms with Gasteiger partial charge in [-0.1, -0.05) is 11.6 Å². The van der Waals surface area contributed by atoms with Gasteiger partial charge >= 0.3 is 0 Å². The summed E-state index contributed by atoms with van der Waals surface area (Å²) in [7, 11) is 0. The third-order valence-corrected chi connectivity index (χ3v) is 5.34. The van der Waals surface area contributed by atoms with Gasteiger partial charge in [0.15, 0.2) is 0 Å². The number of hydrogen-bond acceptors (Lipinski definition) is 6. The van der Waals surface area contributed by atoms with Crippen LogP contribution in [0.1, 0.15) is 19.3 Å². The van der Waals surface area contributed by atoms with E-state index in [9.17, 15) is 0 Å². The first kappa shape index (κ1) is 16.5. The minimum Gasteiger partial charge on any atom is -1.00 e. The van der Waals surface area contributed by atoms with Crippen molar-refractivity contribution in [3.8, 4) is 0 Å². The summed E-state index contributed by atoms with van der Waals surface area (Å²) >= 11 is 5.68. The van der Waals surface area contributed by atoms with E-state index < -0.39 is 16.6 Å². The lowest BCUT2D eigenvalue weighted by molar-refractivity contribution is -0.949. The van der Waals surface area contributed by atoms with Crippen molar-refractivity contribution in [3.05, 3.63) is 11.6 Å². The van der Waals surface area contributed by atoms with Crippen LogP contribution in [0.25, 0.3) is 0 Å². The summed E-state index contributed by atoms with van der Waals surface area (Å²) in [4.78, 5) is 0. The Balaban J connectivity index is 0.00000161. The molecule has 7 nitrogen and oxygen atoms in total. The van der Waals surface area contributed by atoms with Crippen LogP contribution in [0.4, 0.5) is 0 Å². The molecule has 0 spiro atoms. The minimum atomic E-state index is -0.510. The van der Waals surface area contributed by atoms with Crippen LogP contribution in [-0.4, -0.2) is 47.3 Å². The van der Waals surface area contributed by atoms with Crippen molar-refractivity contribution in [1.82, 2.24) is 0 Å². The molecule has 4 bridgehead atoms. The van der Waals surface area contributed by atoms with Gasteiger partial charge in [-0.3, -0.25) is 0 Å². The third kappa shape index (κ3) is 2.31. The largest absolute Gasteiger partial charge is 1.00 e. The van der Waals surface area contributed by atoms with Crippen molar-refractivity contribution >= 4 is 11.6 Å². The van der Waals surface area contributed by atoms with Gasteiger partial charge in [0.05, 0.1) is 6.54 Å². The molecule has 4 aliphatic rings. The molecule has 4 rings (SSSR count). The average molecular weight is 332 g/mol. The lowest BCUT2D eigenvalue weighted by atomic mass is 9.56. The van der Waals surface area contributed by atoms with E-state index in [0.717, 1.165) is 26.2 Å². The SMILES string of the molecule is N=NC12CC3(N=N)CC(N=N)(C1)C[N+](CC=CCl)(C2)C3.[Cl-]. The van der Waals surface area contributed by atoms with Gasteiger partial charge in [-0.25, -0.2) is 16.6 Å². The molecule has 3 aliphatic heterocycles. The van der Waals surface area contributed by atoms with E-state index in [-0.39, 0.29) is 12.4 Å². The Labute approximate surface area is 134 Å². The molecular weight excluding hydrogens is 313 g/mol. The highest BCUT2D eigenvalue weighted by molar-refractivity contribution is 6.25. The molecular formula is C12H19Cl2N7. The fourth-order valence-corrected chi connectivity index (χ4v) is 5.28. The van der Waals surface area contributed by atoms with Gasteiger partial charge in [-0.05, 0) is 6.08 Å². The monoisotopic (exact) mass is 331 g/mol. The van der Waals surface area contributed by atoms with Gasteiger partial charge in [0.25, 0.3) is 0 Å². The molecule has 0 aromatic carbocycles. The fraction of sp³-hybridized carbons (Fsp3) is 0.833. The summed E-state index contributed by atoms with van der Waals surface area (Å²) in [5.41, 5.74) is 22.9. The molecule has 0 amide bonds. The Hall–Kier alpha value is -0.920. The van der Waals surface area contributed by atoms with Crippen LogP contribution < -0.4 is 12.4 Å². The van der Waals surface area contributed by atoms with E-state index in [4.69, 9.17) is 28.2 Å². The number of piperidine rings is 3.